The van der Waals surface area contributed by atoms with Crippen molar-refractivity contribution < 1.29 is 23.9 Å². The number of morpholine rings is 1. The number of unbranched alkanes of at least 4 members (excludes halogenated alkanes) is 3. The Bertz CT molecular complexity index is 894. The zero-order valence-corrected chi connectivity index (χ0v) is 22.9. The maximum Gasteiger partial charge on any atom is 0.305 e. The second-order valence-corrected chi connectivity index (χ2v) is 10.7. The van der Waals surface area contributed by atoms with E-state index in [1.807, 2.05) is 24.3 Å². The molecule has 0 radical (unpaired) electrons. The van der Waals surface area contributed by atoms with Crippen molar-refractivity contribution in [3.05, 3.63) is 47.5 Å². The third kappa shape index (κ3) is 9.66. The van der Waals surface area contributed by atoms with Crippen molar-refractivity contribution in [1.29, 1.82) is 0 Å². The van der Waals surface area contributed by atoms with Crippen LogP contribution in [0.2, 0.25) is 0 Å². The van der Waals surface area contributed by atoms with Gasteiger partial charge in [-0.2, -0.15) is 0 Å². The van der Waals surface area contributed by atoms with Crippen molar-refractivity contribution >= 4 is 29.1 Å². The van der Waals surface area contributed by atoms with Gasteiger partial charge in [0, 0.05) is 55.8 Å². The van der Waals surface area contributed by atoms with Crippen molar-refractivity contribution in [2.24, 2.45) is 5.92 Å². The molecule has 6 nitrogen and oxygen atoms in total. The number of halogens is 1. The molecule has 0 amide bonds. The van der Waals surface area contributed by atoms with Crippen LogP contribution >= 0.6 is 11.6 Å². The van der Waals surface area contributed by atoms with Gasteiger partial charge in [-0.1, -0.05) is 56.2 Å². The SMILES string of the molecule is CCCCCC(=O)c1ccc([C@H]2C(=O)C[C@@H](Cl)[C@@H]2CC=CCCCC(=O)OCCN2CCOCC2)cc1. The number of carbonyl (C=O) groups excluding carboxylic acids is 3. The van der Waals surface area contributed by atoms with E-state index in [1.165, 1.54) is 0 Å². The summed E-state index contributed by atoms with van der Waals surface area (Å²) in [5, 5.41) is -0.195. The number of ketones is 2. The van der Waals surface area contributed by atoms with Crippen LogP contribution in [0.5, 0.6) is 0 Å². The molecule has 0 spiro atoms. The molecule has 37 heavy (non-hydrogen) atoms. The molecule has 1 aromatic rings. The predicted octanol–water partition coefficient (Wildman–Crippen LogP) is 5.72. The fourth-order valence-corrected chi connectivity index (χ4v) is 5.51. The maximum absolute atomic E-state index is 12.8. The average Bonchev–Trinajstić information content (AvgIpc) is 3.19. The summed E-state index contributed by atoms with van der Waals surface area (Å²) in [7, 11) is 0. The van der Waals surface area contributed by atoms with Crippen LogP contribution in [-0.4, -0.2) is 67.3 Å². The summed E-state index contributed by atoms with van der Waals surface area (Å²) >= 11 is 6.58. The first-order valence-corrected chi connectivity index (χ1v) is 14.3. The van der Waals surface area contributed by atoms with Gasteiger partial charge in [0.2, 0.25) is 0 Å². The van der Waals surface area contributed by atoms with Gasteiger partial charge in [0.1, 0.15) is 12.4 Å². The Morgan fingerprint density at radius 1 is 1.08 bits per heavy atom. The highest BCUT2D eigenvalue weighted by molar-refractivity contribution is 6.23. The quantitative estimate of drug-likeness (QED) is 0.0947. The van der Waals surface area contributed by atoms with Gasteiger partial charge >= 0.3 is 5.97 Å². The highest BCUT2D eigenvalue weighted by Crippen LogP contribution is 2.42. The molecule has 1 aliphatic heterocycles. The molecular formula is C30H42ClNO5. The first kappa shape index (κ1) is 29.5. The lowest BCUT2D eigenvalue weighted by atomic mass is 9.85. The molecule has 0 aromatic heterocycles. The molecule has 7 heteroatoms. The minimum atomic E-state index is -0.238. The Morgan fingerprint density at radius 2 is 1.84 bits per heavy atom. The molecule has 1 aromatic carbocycles. The fourth-order valence-electron chi connectivity index (χ4n) is 5.11. The molecule has 204 valence electrons. The van der Waals surface area contributed by atoms with E-state index in [0.717, 1.165) is 70.5 Å². The number of rotatable bonds is 15. The second kappa shape index (κ2) is 16.1. The number of Topliss-reactive ketones (excluding diaryl/α,β-unsaturated/α-hetero) is 2. The highest BCUT2D eigenvalue weighted by atomic mass is 35.5. The van der Waals surface area contributed by atoms with E-state index in [1.54, 1.807) is 0 Å². The Morgan fingerprint density at radius 3 is 2.57 bits per heavy atom. The molecule has 2 fully saturated rings. The lowest BCUT2D eigenvalue weighted by Gasteiger charge is -2.26. The van der Waals surface area contributed by atoms with Crippen molar-refractivity contribution in [3.8, 4) is 0 Å². The summed E-state index contributed by atoms with van der Waals surface area (Å²) in [6.07, 6.45) is 10.8. The molecule has 0 N–H and O–H groups in total. The first-order chi connectivity index (χ1) is 18.0. The summed E-state index contributed by atoms with van der Waals surface area (Å²) in [6.45, 7) is 6.58. The molecular weight excluding hydrogens is 490 g/mol. The normalized spacial score (nSPS) is 22.5. The van der Waals surface area contributed by atoms with Crippen molar-refractivity contribution in [2.75, 3.05) is 39.5 Å². The van der Waals surface area contributed by atoms with Crippen LogP contribution in [0, 0.1) is 5.92 Å². The predicted molar refractivity (Wildman–Crippen MR) is 146 cm³/mol. The first-order valence-electron chi connectivity index (χ1n) is 13.9. The minimum absolute atomic E-state index is 0.0293. The van der Waals surface area contributed by atoms with Crippen molar-refractivity contribution in [3.63, 3.8) is 0 Å². The van der Waals surface area contributed by atoms with E-state index in [2.05, 4.69) is 24.0 Å². The lowest BCUT2D eigenvalue weighted by molar-refractivity contribution is -0.144. The topological polar surface area (TPSA) is 72.9 Å². The van der Waals surface area contributed by atoms with Crippen LogP contribution in [0.15, 0.2) is 36.4 Å². The smallest absolute Gasteiger partial charge is 0.305 e. The monoisotopic (exact) mass is 531 g/mol. The summed E-state index contributed by atoms with van der Waals surface area (Å²) < 4.78 is 10.7. The molecule has 0 unspecified atom stereocenters. The van der Waals surface area contributed by atoms with E-state index in [0.29, 0.717) is 37.9 Å². The van der Waals surface area contributed by atoms with Gasteiger partial charge in [-0.3, -0.25) is 19.3 Å². The van der Waals surface area contributed by atoms with Crippen LogP contribution in [0.4, 0.5) is 0 Å². The maximum atomic E-state index is 12.8. The number of allylic oxidation sites excluding steroid dienone is 2. The Balaban J connectivity index is 1.39. The number of esters is 1. The third-order valence-electron chi connectivity index (χ3n) is 7.34. The van der Waals surface area contributed by atoms with Crippen LogP contribution in [-0.2, 0) is 19.1 Å². The number of hydrogen-bond donors (Lipinski definition) is 0. The van der Waals surface area contributed by atoms with Gasteiger partial charge in [-0.05, 0) is 37.2 Å². The van der Waals surface area contributed by atoms with Gasteiger partial charge in [-0.15, -0.1) is 11.6 Å². The number of hydrogen-bond acceptors (Lipinski definition) is 6. The number of alkyl halides is 1. The standard InChI is InChI=1S/C30H42ClNO5/c1-2-3-6-10-27(33)23-12-14-24(15-13-23)30-25(26(31)22-28(30)34)9-7-4-5-8-11-29(35)37-21-18-32-16-19-36-20-17-32/h4,7,12-15,25-26,30H,2-3,5-6,8-11,16-22H2,1H3/t25-,26+,30+/m0/s1. The average molecular weight is 532 g/mol. The van der Waals surface area contributed by atoms with Crippen molar-refractivity contribution in [1.82, 2.24) is 4.90 Å². The summed E-state index contributed by atoms with van der Waals surface area (Å²) in [6, 6.07) is 7.55. The Labute approximate surface area is 226 Å². The fraction of sp³-hybridized carbons (Fsp3) is 0.633. The van der Waals surface area contributed by atoms with Gasteiger partial charge in [-0.25, -0.2) is 0 Å². The highest BCUT2D eigenvalue weighted by Gasteiger charge is 2.41. The molecule has 2 aliphatic rings. The largest absolute Gasteiger partial charge is 0.464 e. The minimum Gasteiger partial charge on any atom is -0.464 e. The second-order valence-electron chi connectivity index (χ2n) is 10.1. The van der Waals surface area contributed by atoms with Crippen LogP contribution < -0.4 is 0 Å². The number of nitrogens with zero attached hydrogens (tertiary/aromatic N) is 1. The Hall–Kier alpha value is -2.02. The summed E-state index contributed by atoms with van der Waals surface area (Å²) in [5.41, 5.74) is 1.65. The van der Waals surface area contributed by atoms with Crippen LogP contribution in [0.25, 0.3) is 0 Å². The van der Waals surface area contributed by atoms with Gasteiger partial charge in [0.15, 0.2) is 5.78 Å². The van der Waals surface area contributed by atoms with E-state index >= 15 is 0 Å². The lowest BCUT2D eigenvalue weighted by Crippen LogP contribution is -2.38. The van der Waals surface area contributed by atoms with E-state index in [9.17, 15) is 14.4 Å². The molecule has 1 heterocycles. The number of benzene rings is 1. The zero-order chi connectivity index (χ0) is 26.5. The van der Waals surface area contributed by atoms with Gasteiger partial charge < -0.3 is 9.47 Å². The molecule has 1 aliphatic carbocycles. The summed E-state index contributed by atoms with van der Waals surface area (Å²) in [5.74, 6) is -0.0376. The van der Waals surface area contributed by atoms with E-state index in [4.69, 9.17) is 21.1 Å². The molecule has 3 rings (SSSR count). The van der Waals surface area contributed by atoms with E-state index in [-0.39, 0.29) is 34.7 Å². The van der Waals surface area contributed by atoms with Gasteiger partial charge in [0.25, 0.3) is 0 Å². The third-order valence-corrected chi connectivity index (χ3v) is 7.81. The van der Waals surface area contributed by atoms with E-state index < -0.39 is 0 Å². The van der Waals surface area contributed by atoms with Crippen molar-refractivity contribution in [2.45, 2.75) is 76.0 Å². The van der Waals surface area contributed by atoms with Gasteiger partial charge in [0.05, 0.1) is 13.2 Å². The van der Waals surface area contributed by atoms with Crippen LogP contribution in [0.3, 0.4) is 0 Å². The zero-order valence-electron chi connectivity index (χ0n) is 22.2. The molecule has 3 atom stereocenters. The molecule has 0 bridgehead atoms. The molecule has 1 saturated heterocycles. The van der Waals surface area contributed by atoms with Crippen LogP contribution in [0.1, 0.15) is 86.6 Å². The number of carbonyl (C=O) groups is 3. The molecule has 1 saturated carbocycles. The Kier molecular flexibility index (Phi) is 12.8. The number of ether oxygens (including phenoxy) is 2. The summed E-state index contributed by atoms with van der Waals surface area (Å²) in [4.78, 5) is 39.4.